The summed E-state index contributed by atoms with van der Waals surface area (Å²) in [7, 11) is 1.58. The summed E-state index contributed by atoms with van der Waals surface area (Å²) >= 11 is 5.87. The van der Waals surface area contributed by atoms with Crippen molar-refractivity contribution >= 4 is 23.6 Å². The fourth-order valence-electron chi connectivity index (χ4n) is 1.80. The Morgan fingerprint density at radius 1 is 1.29 bits per heavy atom. The first kappa shape index (κ1) is 17.3. The van der Waals surface area contributed by atoms with E-state index in [0.717, 1.165) is 5.56 Å². The summed E-state index contributed by atoms with van der Waals surface area (Å²) in [6.07, 6.45) is -0.0650. The number of halogens is 1. The molecule has 0 aliphatic heterocycles. The zero-order valence-corrected chi connectivity index (χ0v) is 13.3. The van der Waals surface area contributed by atoms with Gasteiger partial charge in [-0.25, -0.2) is 4.79 Å². The average molecular weight is 313 g/mol. The van der Waals surface area contributed by atoms with E-state index in [1.165, 1.54) is 4.90 Å². The topological polar surface area (TPSA) is 69.6 Å². The first-order valence-electron chi connectivity index (χ1n) is 6.69. The number of hydrogen-bond acceptors (Lipinski definition) is 2. The van der Waals surface area contributed by atoms with Crippen LogP contribution in [0.3, 0.4) is 0 Å². The number of carboxylic acid groups (broad SMARTS) is 1. The van der Waals surface area contributed by atoms with Gasteiger partial charge in [-0.15, -0.1) is 0 Å². The van der Waals surface area contributed by atoms with Gasteiger partial charge in [0.1, 0.15) is 0 Å². The van der Waals surface area contributed by atoms with Crippen LogP contribution in [0.25, 0.3) is 0 Å². The molecule has 1 aromatic carbocycles. The van der Waals surface area contributed by atoms with E-state index >= 15 is 0 Å². The van der Waals surface area contributed by atoms with Crippen LogP contribution in [0.2, 0.25) is 5.02 Å². The van der Waals surface area contributed by atoms with Crippen molar-refractivity contribution in [1.82, 2.24) is 10.2 Å². The predicted molar refractivity (Wildman–Crippen MR) is 82.8 cm³/mol. The summed E-state index contributed by atoms with van der Waals surface area (Å²) in [5.41, 5.74) is 0.828. The van der Waals surface area contributed by atoms with Gasteiger partial charge in [-0.05, 0) is 17.7 Å². The number of urea groups is 1. The van der Waals surface area contributed by atoms with Gasteiger partial charge in [-0.1, -0.05) is 37.6 Å². The number of aliphatic carboxylic acids is 1. The molecule has 6 heteroatoms. The summed E-state index contributed by atoms with van der Waals surface area (Å²) < 4.78 is 0. The predicted octanol–water partition coefficient (Wildman–Crippen LogP) is 2.73. The Morgan fingerprint density at radius 3 is 2.38 bits per heavy atom. The fourth-order valence-corrected chi connectivity index (χ4v) is 1.93. The van der Waals surface area contributed by atoms with Crippen molar-refractivity contribution in [2.75, 3.05) is 20.1 Å². The molecule has 0 radical (unpaired) electrons. The van der Waals surface area contributed by atoms with Gasteiger partial charge >= 0.3 is 12.0 Å². The van der Waals surface area contributed by atoms with E-state index in [0.29, 0.717) is 11.6 Å². The Kier molecular flexibility index (Phi) is 6.03. The third-order valence-corrected chi connectivity index (χ3v) is 3.57. The molecule has 0 unspecified atom stereocenters. The van der Waals surface area contributed by atoms with Crippen LogP contribution in [0.15, 0.2) is 24.3 Å². The summed E-state index contributed by atoms with van der Waals surface area (Å²) in [6, 6.07) is 7.22. The molecule has 0 aliphatic carbocycles. The zero-order valence-electron chi connectivity index (χ0n) is 12.5. The van der Waals surface area contributed by atoms with Crippen molar-refractivity contribution in [3.05, 3.63) is 34.9 Å². The second kappa shape index (κ2) is 7.31. The van der Waals surface area contributed by atoms with Crippen LogP contribution in [-0.2, 0) is 10.2 Å². The van der Waals surface area contributed by atoms with E-state index in [2.05, 4.69) is 5.32 Å². The molecular formula is C15H21ClN2O3. The first-order valence-corrected chi connectivity index (χ1v) is 7.07. The third-order valence-electron chi connectivity index (χ3n) is 3.32. The minimum Gasteiger partial charge on any atom is -0.481 e. The molecule has 21 heavy (non-hydrogen) atoms. The number of nitrogens with one attached hydrogen (secondary N) is 1. The molecule has 0 fully saturated rings. The summed E-state index contributed by atoms with van der Waals surface area (Å²) in [6.45, 7) is 4.68. The molecule has 0 aliphatic rings. The largest absolute Gasteiger partial charge is 0.481 e. The van der Waals surface area contributed by atoms with Gasteiger partial charge in [-0.3, -0.25) is 4.79 Å². The average Bonchev–Trinajstić information content (AvgIpc) is 2.42. The maximum Gasteiger partial charge on any atom is 0.317 e. The number of hydrogen-bond donors (Lipinski definition) is 2. The molecule has 1 rings (SSSR count). The number of rotatable bonds is 6. The molecule has 0 saturated carbocycles. The maximum absolute atomic E-state index is 11.9. The SMILES string of the molecule is CN(CCC(=O)O)C(=O)NCC(C)(C)c1ccc(Cl)cc1. The second-order valence-corrected chi connectivity index (χ2v) is 6.05. The quantitative estimate of drug-likeness (QED) is 0.848. The standard InChI is InChI=1S/C15H21ClN2O3/c1-15(2,11-4-6-12(16)7-5-11)10-17-14(21)18(3)9-8-13(19)20/h4-7H,8-10H2,1-3H3,(H,17,21)(H,19,20). The first-order chi connectivity index (χ1) is 9.72. The monoisotopic (exact) mass is 312 g/mol. The van der Waals surface area contributed by atoms with Crippen LogP contribution in [0.4, 0.5) is 4.79 Å². The second-order valence-electron chi connectivity index (χ2n) is 5.61. The molecule has 0 bridgehead atoms. The summed E-state index contributed by atoms with van der Waals surface area (Å²) in [5.74, 6) is -0.920. The zero-order chi connectivity index (χ0) is 16.0. The molecule has 1 aromatic rings. The van der Waals surface area contributed by atoms with Crippen LogP contribution in [-0.4, -0.2) is 42.1 Å². The van der Waals surface area contributed by atoms with Gasteiger partial charge in [0.25, 0.3) is 0 Å². The number of amides is 2. The van der Waals surface area contributed by atoms with E-state index in [-0.39, 0.29) is 24.4 Å². The van der Waals surface area contributed by atoms with Crippen molar-refractivity contribution in [2.45, 2.75) is 25.7 Å². The van der Waals surface area contributed by atoms with Crippen LogP contribution >= 0.6 is 11.6 Å². The van der Waals surface area contributed by atoms with Gasteiger partial charge < -0.3 is 15.3 Å². The highest BCUT2D eigenvalue weighted by Gasteiger charge is 2.22. The van der Waals surface area contributed by atoms with Gasteiger partial charge in [0.05, 0.1) is 6.42 Å². The van der Waals surface area contributed by atoms with Gasteiger partial charge in [0.2, 0.25) is 0 Å². The highest BCUT2D eigenvalue weighted by Crippen LogP contribution is 2.23. The number of carboxylic acids is 1. The Balaban J connectivity index is 2.54. The van der Waals surface area contributed by atoms with Crippen LogP contribution in [0.5, 0.6) is 0 Å². The van der Waals surface area contributed by atoms with Gasteiger partial charge in [0.15, 0.2) is 0 Å². The normalized spacial score (nSPS) is 11.0. The molecule has 0 heterocycles. The lowest BCUT2D eigenvalue weighted by Crippen LogP contribution is -2.43. The third kappa shape index (κ3) is 5.63. The molecule has 2 N–H and O–H groups in total. The van der Waals surface area contributed by atoms with E-state index in [4.69, 9.17) is 16.7 Å². The van der Waals surface area contributed by atoms with Crippen molar-refractivity contribution < 1.29 is 14.7 Å². The van der Waals surface area contributed by atoms with E-state index in [9.17, 15) is 9.59 Å². The lowest BCUT2D eigenvalue weighted by molar-refractivity contribution is -0.137. The van der Waals surface area contributed by atoms with E-state index in [1.54, 1.807) is 7.05 Å². The lowest BCUT2D eigenvalue weighted by Gasteiger charge is -2.27. The Labute approximate surface area is 129 Å². The maximum atomic E-state index is 11.9. The van der Waals surface area contributed by atoms with Gasteiger partial charge in [-0.2, -0.15) is 0 Å². The molecule has 0 spiro atoms. The number of carbonyl (C=O) groups excluding carboxylic acids is 1. The minimum atomic E-state index is -0.920. The molecule has 5 nitrogen and oxygen atoms in total. The van der Waals surface area contributed by atoms with Crippen molar-refractivity contribution in [2.24, 2.45) is 0 Å². The summed E-state index contributed by atoms with van der Waals surface area (Å²) in [4.78, 5) is 23.7. The number of nitrogens with zero attached hydrogens (tertiary/aromatic N) is 1. The van der Waals surface area contributed by atoms with E-state index < -0.39 is 5.97 Å². The minimum absolute atomic E-state index is 0.0650. The Hall–Kier alpha value is -1.75. The highest BCUT2D eigenvalue weighted by molar-refractivity contribution is 6.30. The molecule has 0 saturated heterocycles. The number of carbonyl (C=O) groups is 2. The number of benzene rings is 1. The highest BCUT2D eigenvalue weighted by atomic mass is 35.5. The van der Waals surface area contributed by atoms with Crippen molar-refractivity contribution in [3.8, 4) is 0 Å². The van der Waals surface area contributed by atoms with Crippen LogP contribution < -0.4 is 5.32 Å². The lowest BCUT2D eigenvalue weighted by atomic mass is 9.85. The van der Waals surface area contributed by atoms with Gasteiger partial charge in [0, 0.05) is 30.6 Å². The summed E-state index contributed by atoms with van der Waals surface area (Å²) in [5, 5.41) is 12.1. The molecule has 2 amide bonds. The smallest absolute Gasteiger partial charge is 0.317 e. The molecule has 0 aromatic heterocycles. The molecular weight excluding hydrogens is 292 g/mol. The fraction of sp³-hybridized carbons (Fsp3) is 0.467. The van der Waals surface area contributed by atoms with Crippen LogP contribution in [0.1, 0.15) is 25.8 Å². The van der Waals surface area contributed by atoms with Crippen molar-refractivity contribution in [1.29, 1.82) is 0 Å². The van der Waals surface area contributed by atoms with Crippen molar-refractivity contribution in [3.63, 3.8) is 0 Å². The van der Waals surface area contributed by atoms with Crippen LogP contribution in [0, 0.1) is 0 Å². The van der Waals surface area contributed by atoms with E-state index in [1.807, 2.05) is 38.1 Å². The molecule has 116 valence electrons. The Morgan fingerprint density at radius 2 is 1.86 bits per heavy atom. The Bertz CT molecular complexity index is 500. The molecule has 0 atom stereocenters.